The van der Waals surface area contributed by atoms with Crippen molar-refractivity contribution in [3.63, 3.8) is 0 Å². The van der Waals surface area contributed by atoms with Crippen LogP contribution in [0, 0.1) is 0 Å². The van der Waals surface area contributed by atoms with E-state index in [-0.39, 0.29) is 18.5 Å². The van der Waals surface area contributed by atoms with Crippen molar-refractivity contribution in [1.29, 1.82) is 0 Å². The minimum Gasteiger partial charge on any atom is -0.466 e. The zero-order valence-electron chi connectivity index (χ0n) is 47.1. The van der Waals surface area contributed by atoms with E-state index in [1.807, 2.05) is 0 Å². The van der Waals surface area contributed by atoms with Crippen molar-refractivity contribution < 1.29 is 24.5 Å². The van der Waals surface area contributed by atoms with E-state index >= 15 is 0 Å². The molecule has 0 heterocycles. The van der Waals surface area contributed by atoms with Gasteiger partial charge in [0.2, 0.25) is 5.91 Å². The molecule has 0 fully saturated rings. The van der Waals surface area contributed by atoms with Crippen LogP contribution in [0.3, 0.4) is 0 Å². The van der Waals surface area contributed by atoms with Gasteiger partial charge in [0.05, 0.1) is 25.4 Å². The molecule has 0 bridgehead atoms. The molecule has 0 aromatic rings. The van der Waals surface area contributed by atoms with E-state index in [0.717, 1.165) is 38.5 Å². The number of nitrogens with one attached hydrogen (secondary N) is 1. The Labute approximate surface area is 432 Å². The largest absolute Gasteiger partial charge is 0.466 e. The van der Waals surface area contributed by atoms with E-state index in [4.69, 9.17) is 4.74 Å². The highest BCUT2D eigenvalue weighted by Crippen LogP contribution is 2.19. The van der Waals surface area contributed by atoms with Crippen molar-refractivity contribution in [1.82, 2.24) is 5.32 Å². The Morgan fingerprint density at radius 1 is 0.348 bits per heavy atom. The number of amides is 1. The molecule has 6 nitrogen and oxygen atoms in total. The molecule has 0 aromatic carbocycles. The van der Waals surface area contributed by atoms with Gasteiger partial charge in [0.25, 0.3) is 0 Å². The minimum absolute atomic E-state index is 0.0101. The Kier molecular flexibility index (Phi) is 58.4. The van der Waals surface area contributed by atoms with Crippen molar-refractivity contribution >= 4 is 11.9 Å². The number of rotatable bonds is 60. The van der Waals surface area contributed by atoms with Gasteiger partial charge in [0.15, 0.2) is 0 Å². The molecular formula is C63H125NO5. The van der Waals surface area contributed by atoms with E-state index < -0.39 is 12.1 Å². The average Bonchev–Trinajstić information content (AvgIpc) is 3.35. The number of aliphatic hydroxyl groups excluding tert-OH is 2. The summed E-state index contributed by atoms with van der Waals surface area (Å²) in [6.45, 7) is 4.98. The lowest BCUT2D eigenvalue weighted by molar-refractivity contribution is -0.143. The van der Waals surface area contributed by atoms with Gasteiger partial charge in [-0.3, -0.25) is 9.59 Å². The van der Waals surface area contributed by atoms with Crippen LogP contribution in [-0.2, 0) is 14.3 Å². The SMILES string of the molecule is CCCCCCCCCCCCCCCCCCCCCCCCC(O)C(CO)NC(=O)CCCCCCCCCCCCCCCCCCCCCOC(=O)CCCCCCCCCCCCC. The molecule has 0 saturated carbocycles. The van der Waals surface area contributed by atoms with Gasteiger partial charge in [-0.25, -0.2) is 0 Å². The lowest BCUT2D eigenvalue weighted by Gasteiger charge is -2.22. The van der Waals surface area contributed by atoms with Crippen LogP contribution in [-0.4, -0.2) is 47.4 Å². The van der Waals surface area contributed by atoms with E-state index in [1.165, 1.54) is 295 Å². The first-order valence-corrected chi connectivity index (χ1v) is 31.8. The Balaban J connectivity index is 3.39. The maximum Gasteiger partial charge on any atom is 0.305 e. The van der Waals surface area contributed by atoms with Crippen LogP contribution in [0.15, 0.2) is 0 Å². The second kappa shape index (κ2) is 59.4. The van der Waals surface area contributed by atoms with Crippen LogP contribution in [0.5, 0.6) is 0 Å². The number of carbonyl (C=O) groups is 2. The molecule has 1 amide bonds. The molecule has 69 heavy (non-hydrogen) atoms. The molecule has 2 unspecified atom stereocenters. The van der Waals surface area contributed by atoms with Gasteiger partial charge in [0, 0.05) is 12.8 Å². The summed E-state index contributed by atoms with van der Waals surface area (Å²) in [5.41, 5.74) is 0. The first kappa shape index (κ1) is 67.9. The highest BCUT2D eigenvalue weighted by Gasteiger charge is 2.20. The molecule has 0 spiro atoms. The van der Waals surface area contributed by atoms with Gasteiger partial charge >= 0.3 is 5.97 Å². The molecule has 0 rings (SSSR count). The first-order valence-electron chi connectivity index (χ1n) is 31.8. The number of aliphatic hydroxyl groups is 2. The zero-order valence-corrected chi connectivity index (χ0v) is 47.1. The molecule has 412 valence electrons. The molecule has 0 saturated heterocycles. The van der Waals surface area contributed by atoms with Crippen molar-refractivity contribution in [2.24, 2.45) is 0 Å². The van der Waals surface area contributed by atoms with E-state index in [9.17, 15) is 19.8 Å². The third-order valence-electron chi connectivity index (χ3n) is 15.2. The van der Waals surface area contributed by atoms with E-state index in [2.05, 4.69) is 19.2 Å². The van der Waals surface area contributed by atoms with Crippen LogP contribution < -0.4 is 5.32 Å². The van der Waals surface area contributed by atoms with Crippen LogP contribution in [0.1, 0.15) is 367 Å². The fraction of sp³-hybridized carbons (Fsp3) is 0.968. The molecule has 0 aliphatic heterocycles. The maximum atomic E-state index is 12.5. The monoisotopic (exact) mass is 976 g/mol. The quantitative estimate of drug-likeness (QED) is 0.0417. The summed E-state index contributed by atoms with van der Waals surface area (Å²) in [6.07, 6.45) is 69.7. The summed E-state index contributed by atoms with van der Waals surface area (Å²) in [6, 6.07) is -0.543. The standard InChI is InChI=1S/C63H125NO5/c1-3-5-7-9-11-13-15-16-17-18-19-20-21-23-26-29-32-36-39-43-47-51-55-61(66)60(59-65)64-62(67)56-52-48-44-40-37-33-30-27-24-22-25-28-31-34-38-42-46-50-54-58-69-63(68)57-53-49-45-41-35-14-12-10-8-6-4-2/h60-61,65-66H,3-59H2,1-2H3,(H,64,67). The topological polar surface area (TPSA) is 95.9 Å². The van der Waals surface area contributed by atoms with E-state index in [1.54, 1.807) is 0 Å². The fourth-order valence-electron chi connectivity index (χ4n) is 10.3. The molecule has 0 radical (unpaired) electrons. The number of hydrogen-bond acceptors (Lipinski definition) is 5. The number of unbranched alkanes of at least 4 members (excludes halogenated alkanes) is 49. The Morgan fingerprint density at radius 2 is 0.594 bits per heavy atom. The first-order chi connectivity index (χ1) is 34.0. The third kappa shape index (κ3) is 56.0. The minimum atomic E-state index is -0.666. The van der Waals surface area contributed by atoms with Gasteiger partial charge in [-0.1, -0.05) is 328 Å². The maximum absolute atomic E-state index is 12.5. The molecule has 6 heteroatoms. The summed E-state index contributed by atoms with van der Waals surface area (Å²) in [7, 11) is 0. The second-order valence-corrected chi connectivity index (χ2v) is 22.1. The number of esters is 1. The zero-order chi connectivity index (χ0) is 50.0. The van der Waals surface area contributed by atoms with Gasteiger partial charge in [-0.15, -0.1) is 0 Å². The molecule has 3 N–H and O–H groups in total. The average molecular weight is 977 g/mol. The Bertz CT molecular complexity index is 990. The van der Waals surface area contributed by atoms with Crippen LogP contribution in [0.4, 0.5) is 0 Å². The summed E-state index contributed by atoms with van der Waals surface area (Å²) in [5, 5.41) is 23.4. The normalized spacial score (nSPS) is 12.5. The second-order valence-electron chi connectivity index (χ2n) is 22.1. The predicted octanol–water partition coefficient (Wildman–Crippen LogP) is 19.9. The molecular weight excluding hydrogens is 851 g/mol. The summed E-state index contributed by atoms with van der Waals surface area (Å²) in [5.74, 6) is -0.0228. The molecule has 2 atom stereocenters. The number of hydrogen-bond donors (Lipinski definition) is 3. The Hall–Kier alpha value is -1.14. The van der Waals surface area contributed by atoms with Crippen molar-refractivity contribution in [3.8, 4) is 0 Å². The lowest BCUT2D eigenvalue weighted by atomic mass is 10.0. The van der Waals surface area contributed by atoms with Crippen LogP contribution in [0.2, 0.25) is 0 Å². The molecule has 0 aromatic heterocycles. The highest BCUT2D eigenvalue weighted by atomic mass is 16.5. The molecule has 0 aliphatic rings. The third-order valence-corrected chi connectivity index (χ3v) is 15.2. The predicted molar refractivity (Wildman–Crippen MR) is 301 cm³/mol. The van der Waals surface area contributed by atoms with E-state index in [0.29, 0.717) is 25.9 Å². The van der Waals surface area contributed by atoms with Gasteiger partial charge in [-0.2, -0.15) is 0 Å². The van der Waals surface area contributed by atoms with Gasteiger partial charge in [0.1, 0.15) is 0 Å². The van der Waals surface area contributed by atoms with Crippen LogP contribution in [0.25, 0.3) is 0 Å². The van der Waals surface area contributed by atoms with Crippen molar-refractivity contribution in [2.45, 2.75) is 379 Å². The van der Waals surface area contributed by atoms with Gasteiger partial charge in [-0.05, 0) is 25.7 Å². The van der Waals surface area contributed by atoms with Gasteiger partial charge < -0.3 is 20.3 Å². The van der Waals surface area contributed by atoms with Crippen LogP contribution >= 0.6 is 0 Å². The summed E-state index contributed by atoms with van der Waals surface area (Å²) in [4.78, 5) is 24.5. The molecule has 0 aliphatic carbocycles. The van der Waals surface area contributed by atoms with Crippen molar-refractivity contribution in [3.05, 3.63) is 0 Å². The lowest BCUT2D eigenvalue weighted by Crippen LogP contribution is -2.45. The van der Waals surface area contributed by atoms with Crippen molar-refractivity contribution in [2.75, 3.05) is 13.2 Å². The summed E-state index contributed by atoms with van der Waals surface area (Å²) < 4.78 is 5.47. The smallest absolute Gasteiger partial charge is 0.305 e. The Morgan fingerprint density at radius 3 is 0.884 bits per heavy atom. The highest BCUT2D eigenvalue weighted by molar-refractivity contribution is 5.76. The number of carbonyl (C=O) groups excluding carboxylic acids is 2. The summed E-state index contributed by atoms with van der Waals surface area (Å²) >= 11 is 0. The fourth-order valence-corrected chi connectivity index (χ4v) is 10.3. The number of ether oxygens (including phenoxy) is 1.